The minimum atomic E-state index is -4.21. The van der Waals surface area contributed by atoms with Crippen molar-refractivity contribution in [1.82, 2.24) is 4.98 Å². The van der Waals surface area contributed by atoms with Gasteiger partial charge in [-0.3, -0.25) is 4.98 Å². The minimum absolute atomic E-state index is 0.189. The zero-order valence-corrected chi connectivity index (χ0v) is 15.5. The molecule has 0 radical (unpaired) electrons. The summed E-state index contributed by atoms with van der Waals surface area (Å²) >= 11 is 0. The molecule has 0 bridgehead atoms. The Labute approximate surface area is 151 Å². The van der Waals surface area contributed by atoms with E-state index in [2.05, 4.69) is 9.98 Å². The van der Waals surface area contributed by atoms with Crippen LogP contribution >= 0.6 is 0 Å². The van der Waals surface area contributed by atoms with E-state index in [-0.39, 0.29) is 5.84 Å². The number of alkyl halides is 2. The van der Waals surface area contributed by atoms with Crippen LogP contribution in [0.2, 0.25) is 0 Å². The van der Waals surface area contributed by atoms with E-state index in [1.54, 1.807) is 55.6 Å². The number of hydrogen-bond acceptors (Lipinski definition) is 5. The molecular weight excluding hydrogens is 360 g/mol. The molecular formula is C18H19F2N3O2S. The lowest BCUT2D eigenvalue weighted by atomic mass is 10.1. The van der Waals surface area contributed by atoms with E-state index >= 15 is 0 Å². The average Bonchev–Trinajstić information content (AvgIpc) is 2.97. The number of hydrogen-bond donors (Lipinski definition) is 0. The van der Waals surface area contributed by atoms with Gasteiger partial charge in [-0.05, 0) is 31.2 Å². The lowest BCUT2D eigenvalue weighted by Gasteiger charge is -2.31. The molecule has 0 spiro atoms. The van der Waals surface area contributed by atoms with Crippen molar-refractivity contribution in [2.45, 2.75) is 24.6 Å². The molecule has 26 heavy (non-hydrogen) atoms. The maximum absolute atomic E-state index is 14.5. The minimum Gasteiger partial charge on any atom is -0.322 e. The number of nitrogens with zero attached hydrogens (tertiary/aromatic N) is 3. The second-order valence-electron chi connectivity index (χ2n) is 6.49. The van der Waals surface area contributed by atoms with E-state index in [4.69, 9.17) is 0 Å². The molecule has 8 heteroatoms. The van der Waals surface area contributed by atoms with Crippen LogP contribution in [0.4, 0.5) is 14.5 Å². The summed E-state index contributed by atoms with van der Waals surface area (Å²) in [6, 6.07) is 12.1. The first-order valence-electron chi connectivity index (χ1n) is 7.98. The third kappa shape index (κ3) is 2.98. The fourth-order valence-corrected chi connectivity index (χ4v) is 4.31. The van der Waals surface area contributed by atoms with Crippen LogP contribution in [0, 0.1) is 6.92 Å². The summed E-state index contributed by atoms with van der Waals surface area (Å²) < 4.78 is 53.8. The van der Waals surface area contributed by atoms with E-state index in [1.165, 1.54) is 4.90 Å². The summed E-state index contributed by atoms with van der Waals surface area (Å²) in [4.78, 5) is 7.18. The predicted molar refractivity (Wildman–Crippen MR) is 97.5 cm³/mol. The highest BCUT2D eigenvalue weighted by atomic mass is 32.2. The molecule has 5 nitrogen and oxygen atoms in total. The number of rotatable bonds is 4. The van der Waals surface area contributed by atoms with Gasteiger partial charge in [0, 0.05) is 36.3 Å². The van der Waals surface area contributed by atoms with Gasteiger partial charge in [-0.1, -0.05) is 18.2 Å². The van der Waals surface area contributed by atoms with Gasteiger partial charge in [-0.15, -0.1) is 0 Å². The number of aryl methyl sites for hydroxylation is 1. The zero-order chi connectivity index (χ0) is 19.2. The molecule has 1 aliphatic heterocycles. The van der Waals surface area contributed by atoms with Gasteiger partial charge < -0.3 is 4.90 Å². The van der Waals surface area contributed by atoms with Crippen LogP contribution in [0.25, 0.3) is 0 Å². The van der Waals surface area contributed by atoms with Gasteiger partial charge >= 0.3 is 0 Å². The molecule has 138 valence electrons. The first-order valence-corrected chi connectivity index (χ1v) is 9.87. The molecule has 0 amide bonds. The van der Waals surface area contributed by atoms with Crippen LogP contribution in [0.3, 0.4) is 0 Å². The van der Waals surface area contributed by atoms with Crippen LogP contribution in [-0.2, 0) is 9.84 Å². The number of amidine groups is 1. The van der Waals surface area contributed by atoms with E-state index in [1.807, 2.05) is 0 Å². The zero-order valence-electron chi connectivity index (χ0n) is 14.6. The molecule has 2 heterocycles. The lowest BCUT2D eigenvalue weighted by Crippen LogP contribution is -2.54. The molecule has 0 N–H and O–H groups in total. The van der Waals surface area contributed by atoms with Gasteiger partial charge in [0.15, 0.2) is 9.84 Å². The molecule has 0 aliphatic carbocycles. The number of pyridine rings is 1. The maximum atomic E-state index is 14.5. The van der Waals surface area contributed by atoms with Crippen molar-refractivity contribution in [3.8, 4) is 0 Å². The van der Waals surface area contributed by atoms with Gasteiger partial charge in [-0.25, -0.2) is 22.2 Å². The fourth-order valence-electron chi connectivity index (χ4n) is 3.05. The van der Waals surface area contributed by atoms with E-state index in [0.29, 0.717) is 23.9 Å². The summed E-state index contributed by atoms with van der Waals surface area (Å²) in [5, 5.41) is 0. The van der Waals surface area contributed by atoms with Crippen LogP contribution in [0.1, 0.15) is 18.2 Å². The Morgan fingerprint density at radius 2 is 1.85 bits per heavy atom. The average molecular weight is 379 g/mol. The van der Waals surface area contributed by atoms with Crippen molar-refractivity contribution in [2.24, 2.45) is 4.99 Å². The van der Waals surface area contributed by atoms with Crippen LogP contribution in [-0.4, -0.2) is 42.8 Å². The second-order valence-corrected chi connectivity index (χ2v) is 8.71. The van der Waals surface area contributed by atoms with Crippen molar-refractivity contribution >= 4 is 21.4 Å². The first-order chi connectivity index (χ1) is 12.1. The van der Waals surface area contributed by atoms with Gasteiger partial charge in [0.05, 0.1) is 6.54 Å². The van der Waals surface area contributed by atoms with Crippen molar-refractivity contribution in [3.05, 3.63) is 59.9 Å². The number of sulfone groups is 1. The third-order valence-electron chi connectivity index (χ3n) is 4.44. The Morgan fingerprint density at radius 1 is 1.19 bits per heavy atom. The van der Waals surface area contributed by atoms with Crippen molar-refractivity contribution in [3.63, 3.8) is 0 Å². The Kier molecular flexibility index (Phi) is 4.34. The normalized spacial score (nSPS) is 21.0. The van der Waals surface area contributed by atoms with Crippen molar-refractivity contribution in [1.29, 1.82) is 0 Å². The number of halogens is 2. The van der Waals surface area contributed by atoms with E-state index < -0.39 is 27.2 Å². The molecule has 1 aromatic heterocycles. The molecule has 0 saturated carbocycles. The van der Waals surface area contributed by atoms with E-state index in [9.17, 15) is 17.2 Å². The second kappa shape index (κ2) is 6.12. The van der Waals surface area contributed by atoms with Gasteiger partial charge in [0.1, 0.15) is 5.84 Å². The quantitative estimate of drug-likeness (QED) is 0.819. The SMILES string of the molecule is Cc1cc(C2=NC(C(C)(F)F)(S(C)(=O)=O)CN2c2ccccc2)ccn1. The highest BCUT2D eigenvalue weighted by Crippen LogP contribution is 2.42. The Hall–Kier alpha value is -2.35. The van der Waals surface area contributed by atoms with Crippen LogP contribution in [0.15, 0.2) is 53.7 Å². The summed E-state index contributed by atoms with van der Waals surface area (Å²) in [6.07, 6.45) is 2.35. The lowest BCUT2D eigenvalue weighted by molar-refractivity contribution is -0.0157. The first kappa shape index (κ1) is 18.4. The highest BCUT2D eigenvalue weighted by molar-refractivity contribution is 7.92. The van der Waals surface area contributed by atoms with Crippen molar-refractivity contribution in [2.75, 3.05) is 17.7 Å². The largest absolute Gasteiger partial charge is 0.322 e. The Morgan fingerprint density at radius 3 is 2.38 bits per heavy atom. The topological polar surface area (TPSA) is 62.6 Å². The monoisotopic (exact) mass is 379 g/mol. The highest BCUT2D eigenvalue weighted by Gasteiger charge is 2.62. The Bertz CT molecular complexity index is 956. The summed E-state index contributed by atoms with van der Waals surface area (Å²) in [5.74, 6) is -3.37. The molecule has 0 fully saturated rings. The molecule has 1 aromatic carbocycles. The number of para-hydroxylation sites is 1. The predicted octanol–water partition coefficient (Wildman–Crippen LogP) is 3.05. The maximum Gasteiger partial charge on any atom is 0.286 e. The van der Waals surface area contributed by atoms with Crippen molar-refractivity contribution < 1.29 is 17.2 Å². The molecule has 2 aromatic rings. The summed E-state index contributed by atoms with van der Waals surface area (Å²) in [7, 11) is -4.21. The van der Waals surface area contributed by atoms with E-state index in [0.717, 1.165) is 6.26 Å². The third-order valence-corrected chi connectivity index (χ3v) is 6.24. The van der Waals surface area contributed by atoms with Crippen LogP contribution < -0.4 is 4.90 Å². The van der Waals surface area contributed by atoms with Gasteiger partial charge in [0.2, 0.25) is 4.87 Å². The molecule has 3 rings (SSSR count). The number of benzene rings is 1. The molecule has 0 saturated heterocycles. The summed E-state index contributed by atoms with van der Waals surface area (Å²) in [5.41, 5.74) is 1.81. The molecule has 1 aliphatic rings. The van der Waals surface area contributed by atoms with Gasteiger partial charge in [0.25, 0.3) is 5.92 Å². The standard InChI is InChI=1S/C18H19F2N3O2S/c1-13-11-14(9-10-21-13)16-22-18(17(2,19)20,26(3,24)25)12-23(16)15-7-5-4-6-8-15/h4-11H,12H2,1-3H3. The number of aliphatic imine (C=N–C) groups is 1. The molecule has 1 unspecified atom stereocenters. The number of anilines is 1. The molecule has 1 atom stereocenters. The summed E-state index contributed by atoms with van der Waals surface area (Å²) in [6.45, 7) is 1.90. The smallest absolute Gasteiger partial charge is 0.286 e. The number of aromatic nitrogens is 1. The Balaban J connectivity index is 2.26. The fraction of sp³-hybridized carbons (Fsp3) is 0.333. The van der Waals surface area contributed by atoms with Gasteiger partial charge in [-0.2, -0.15) is 0 Å². The van der Waals surface area contributed by atoms with Crippen LogP contribution in [0.5, 0.6) is 0 Å².